The van der Waals surface area contributed by atoms with E-state index in [0.717, 1.165) is 25.8 Å². The summed E-state index contributed by atoms with van der Waals surface area (Å²) in [6.07, 6.45) is 2.98. The largest absolute Gasteiger partial charge is 0.497 e. The number of aromatic nitrogens is 2. The van der Waals surface area contributed by atoms with Crippen LogP contribution in [0.2, 0.25) is 0 Å². The van der Waals surface area contributed by atoms with Gasteiger partial charge in [0.1, 0.15) is 17.3 Å². The van der Waals surface area contributed by atoms with Crippen molar-refractivity contribution >= 4 is 29.3 Å². The van der Waals surface area contributed by atoms with E-state index in [9.17, 15) is 14.4 Å². The highest BCUT2D eigenvalue weighted by Gasteiger charge is 2.36. The van der Waals surface area contributed by atoms with Crippen LogP contribution in [0.15, 0.2) is 23.0 Å². The van der Waals surface area contributed by atoms with Crippen molar-refractivity contribution in [3.05, 3.63) is 34.1 Å². The number of H-pyrrole nitrogens is 1. The number of piperidine rings is 1. The van der Waals surface area contributed by atoms with Crippen LogP contribution in [0.5, 0.6) is 11.5 Å². The molecule has 1 fully saturated rings. The van der Waals surface area contributed by atoms with E-state index < -0.39 is 17.4 Å². The van der Waals surface area contributed by atoms with Crippen LogP contribution < -0.4 is 30.6 Å². The standard InChI is InChI=1S/C22H27N5O5/c1-12-6-4-5-9-27(12)22-25-19-18(21(30)26-22)14(11-17(28)24-19)20(29)23-15-8-7-13(31-2)10-16(15)32-3/h7-8,10,12,14H,4-6,9,11H2,1-3H3,(H,23,29)(H2,24,25,26,28,30)/t12-,14+/m1/s1. The van der Waals surface area contributed by atoms with Crippen molar-refractivity contribution in [2.75, 3.05) is 36.3 Å². The van der Waals surface area contributed by atoms with Crippen LogP contribution in [-0.2, 0) is 9.59 Å². The highest BCUT2D eigenvalue weighted by molar-refractivity contribution is 6.05. The summed E-state index contributed by atoms with van der Waals surface area (Å²) in [5.74, 6) is -0.304. The van der Waals surface area contributed by atoms with E-state index in [-0.39, 0.29) is 29.8 Å². The molecule has 170 valence electrons. The van der Waals surface area contributed by atoms with Gasteiger partial charge in [-0.05, 0) is 38.3 Å². The van der Waals surface area contributed by atoms with E-state index in [1.807, 2.05) is 4.90 Å². The molecule has 2 amide bonds. The second-order valence-electron chi connectivity index (χ2n) is 8.05. The normalized spacial score (nSPS) is 20.2. The van der Waals surface area contributed by atoms with Gasteiger partial charge in [-0.3, -0.25) is 19.4 Å². The zero-order valence-corrected chi connectivity index (χ0v) is 18.4. The predicted octanol–water partition coefficient (Wildman–Crippen LogP) is 2.23. The summed E-state index contributed by atoms with van der Waals surface area (Å²) in [5, 5.41) is 5.43. The summed E-state index contributed by atoms with van der Waals surface area (Å²) in [4.78, 5) is 47.9. The number of nitrogens with one attached hydrogen (secondary N) is 3. The number of carbonyl (C=O) groups excluding carboxylic acids is 2. The van der Waals surface area contributed by atoms with Gasteiger partial charge in [-0.15, -0.1) is 0 Å². The smallest absolute Gasteiger partial charge is 0.258 e. The van der Waals surface area contributed by atoms with Crippen molar-refractivity contribution in [2.24, 2.45) is 0 Å². The zero-order chi connectivity index (χ0) is 22.8. The molecule has 3 N–H and O–H groups in total. The second-order valence-corrected chi connectivity index (χ2v) is 8.05. The molecule has 4 rings (SSSR count). The van der Waals surface area contributed by atoms with Gasteiger partial charge in [0.25, 0.3) is 5.56 Å². The first kappa shape index (κ1) is 21.7. The summed E-state index contributed by atoms with van der Waals surface area (Å²) in [7, 11) is 3.01. The van der Waals surface area contributed by atoms with Crippen molar-refractivity contribution in [3.8, 4) is 11.5 Å². The first-order valence-corrected chi connectivity index (χ1v) is 10.6. The Kier molecular flexibility index (Phi) is 6.02. The molecular formula is C22H27N5O5. The van der Waals surface area contributed by atoms with Gasteiger partial charge in [0.05, 0.1) is 31.4 Å². The number of methoxy groups -OCH3 is 2. The summed E-state index contributed by atoms with van der Waals surface area (Å²) < 4.78 is 10.5. The molecule has 1 aromatic carbocycles. The minimum atomic E-state index is -0.977. The van der Waals surface area contributed by atoms with Crippen LogP contribution >= 0.6 is 0 Å². The maximum absolute atomic E-state index is 13.1. The fraction of sp³-hybridized carbons (Fsp3) is 0.455. The Hall–Kier alpha value is -3.56. The third kappa shape index (κ3) is 4.12. The fourth-order valence-electron chi connectivity index (χ4n) is 4.25. The van der Waals surface area contributed by atoms with Crippen LogP contribution in [0.4, 0.5) is 17.5 Å². The number of aromatic amines is 1. The highest BCUT2D eigenvalue weighted by Crippen LogP contribution is 2.34. The molecule has 10 heteroatoms. The Bertz CT molecular complexity index is 1100. The Morgan fingerprint density at radius 1 is 1.22 bits per heavy atom. The molecule has 1 saturated heterocycles. The van der Waals surface area contributed by atoms with E-state index in [2.05, 4.69) is 27.5 Å². The number of fused-ring (bicyclic) bond motifs is 1. The van der Waals surface area contributed by atoms with Crippen LogP contribution in [0, 0.1) is 0 Å². The molecule has 0 bridgehead atoms. The van der Waals surface area contributed by atoms with Gasteiger partial charge in [-0.2, -0.15) is 4.98 Å². The maximum atomic E-state index is 13.1. The topological polar surface area (TPSA) is 126 Å². The molecule has 32 heavy (non-hydrogen) atoms. The predicted molar refractivity (Wildman–Crippen MR) is 120 cm³/mol. The number of rotatable bonds is 5. The number of benzene rings is 1. The number of nitrogens with zero attached hydrogens (tertiary/aromatic N) is 2. The molecule has 2 aromatic rings. The lowest BCUT2D eigenvalue weighted by molar-refractivity contribution is -0.123. The summed E-state index contributed by atoms with van der Waals surface area (Å²) in [5.41, 5.74) is 0.140. The van der Waals surface area contributed by atoms with Gasteiger partial charge in [0.2, 0.25) is 17.8 Å². The number of hydrogen-bond donors (Lipinski definition) is 3. The van der Waals surface area contributed by atoms with Gasteiger partial charge >= 0.3 is 0 Å². The Morgan fingerprint density at radius 2 is 2.03 bits per heavy atom. The van der Waals surface area contributed by atoms with E-state index in [1.165, 1.54) is 14.2 Å². The molecule has 2 atom stereocenters. The van der Waals surface area contributed by atoms with Crippen LogP contribution in [0.25, 0.3) is 0 Å². The molecule has 0 unspecified atom stereocenters. The van der Waals surface area contributed by atoms with Gasteiger partial charge in [-0.25, -0.2) is 0 Å². The number of ether oxygens (including phenoxy) is 2. The zero-order valence-electron chi connectivity index (χ0n) is 18.4. The lowest BCUT2D eigenvalue weighted by atomic mass is 9.92. The molecule has 10 nitrogen and oxygen atoms in total. The number of amides is 2. The van der Waals surface area contributed by atoms with Crippen molar-refractivity contribution < 1.29 is 19.1 Å². The minimum Gasteiger partial charge on any atom is -0.497 e. The molecule has 1 aromatic heterocycles. The average Bonchev–Trinajstić information content (AvgIpc) is 2.78. The number of carbonyl (C=O) groups is 2. The SMILES string of the molecule is COc1ccc(NC(=O)[C@H]2CC(=O)Nc3nc(N4CCCC[C@H]4C)[nH]c(=O)c32)c(OC)c1. The Labute approximate surface area is 185 Å². The van der Waals surface area contributed by atoms with Gasteiger partial charge in [0, 0.05) is 25.1 Å². The van der Waals surface area contributed by atoms with E-state index in [4.69, 9.17) is 9.47 Å². The van der Waals surface area contributed by atoms with Gasteiger partial charge < -0.3 is 25.0 Å². The summed E-state index contributed by atoms with van der Waals surface area (Å²) in [6.45, 7) is 2.85. The molecule has 2 aliphatic rings. The van der Waals surface area contributed by atoms with Crippen LogP contribution in [0.3, 0.4) is 0 Å². The maximum Gasteiger partial charge on any atom is 0.258 e. The van der Waals surface area contributed by atoms with Crippen molar-refractivity contribution in [1.29, 1.82) is 0 Å². The lowest BCUT2D eigenvalue weighted by Crippen LogP contribution is -2.42. The van der Waals surface area contributed by atoms with E-state index in [0.29, 0.717) is 23.1 Å². The average molecular weight is 441 g/mol. The van der Waals surface area contributed by atoms with Crippen LogP contribution in [0.1, 0.15) is 44.1 Å². The van der Waals surface area contributed by atoms with Crippen molar-refractivity contribution in [1.82, 2.24) is 9.97 Å². The molecule has 0 spiro atoms. The van der Waals surface area contributed by atoms with Crippen molar-refractivity contribution in [3.63, 3.8) is 0 Å². The number of hydrogen-bond acceptors (Lipinski definition) is 7. The molecule has 0 aliphatic carbocycles. The van der Waals surface area contributed by atoms with Gasteiger partial charge in [0.15, 0.2) is 0 Å². The number of anilines is 3. The minimum absolute atomic E-state index is 0.139. The molecular weight excluding hydrogens is 414 g/mol. The fourth-order valence-corrected chi connectivity index (χ4v) is 4.25. The first-order valence-electron chi connectivity index (χ1n) is 10.6. The summed E-state index contributed by atoms with van der Waals surface area (Å²) >= 11 is 0. The Balaban J connectivity index is 1.65. The molecule has 0 saturated carbocycles. The van der Waals surface area contributed by atoms with Crippen LogP contribution in [-0.4, -0.2) is 48.6 Å². The summed E-state index contributed by atoms with van der Waals surface area (Å²) in [6, 6.07) is 5.19. The lowest BCUT2D eigenvalue weighted by Gasteiger charge is -2.34. The molecule has 3 heterocycles. The monoisotopic (exact) mass is 441 g/mol. The quantitative estimate of drug-likeness (QED) is 0.650. The molecule has 2 aliphatic heterocycles. The first-order chi connectivity index (χ1) is 15.4. The molecule has 0 radical (unpaired) electrons. The van der Waals surface area contributed by atoms with E-state index >= 15 is 0 Å². The highest BCUT2D eigenvalue weighted by atomic mass is 16.5. The van der Waals surface area contributed by atoms with E-state index in [1.54, 1.807) is 18.2 Å². The second kappa shape index (κ2) is 8.89. The third-order valence-electron chi connectivity index (χ3n) is 6.00. The van der Waals surface area contributed by atoms with Crippen molar-refractivity contribution in [2.45, 2.75) is 44.6 Å². The Morgan fingerprint density at radius 3 is 2.75 bits per heavy atom. The third-order valence-corrected chi connectivity index (χ3v) is 6.00. The van der Waals surface area contributed by atoms with Gasteiger partial charge in [-0.1, -0.05) is 0 Å².